The molecule has 0 saturated heterocycles. The quantitative estimate of drug-likeness (QED) is 0.786. The maximum absolute atomic E-state index is 14.0. The minimum Gasteiger partial charge on any atom is -0.359 e. The molecule has 2 aromatic rings. The largest absolute Gasteiger partial charge is 0.359 e. The molecule has 3 N–H and O–H groups in total. The number of fused-ring (bicyclic) bond motifs is 1. The molecule has 0 saturated carbocycles. The van der Waals surface area contributed by atoms with Gasteiger partial charge in [-0.3, -0.25) is 10.1 Å². The standard InChI is InChI=1S/C16H17FN4O3/c1-16(2,3)12-7-13(21-24-12)20-15(23)19-11-6-10-8(4-9(11)17)5-14(22)18-10/h4,6-7H,5H2,1-3H3,(H,18,22)(H2,19,20,21,23). The van der Waals surface area contributed by atoms with E-state index in [-0.39, 0.29) is 29.2 Å². The molecule has 3 rings (SSSR count). The number of benzene rings is 1. The van der Waals surface area contributed by atoms with Gasteiger partial charge in [0.15, 0.2) is 5.82 Å². The molecule has 1 aromatic heterocycles. The second kappa shape index (κ2) is 5.63. The molecule has 2 heterocycles. The highest BCUT2D eigenvalue weighted by Crippen LogP contribution is 2.29. The number of aromatic nitrogens is 1. The summed E-state index contributed by atoms with van der Waals surface area (Å²) in [6, 6.07) is 3.57. The monoisotopic (exact) mass is 332 g/mol. The summed E-state index contributed by atoms with van der Waals surface area (Å²) in [5.74, 6) is 0.0239. The topological polar surface area (TPSA) is 96.3 Å². The molecule has 1 aliphatic rings. The lowest BCUT2D eigenvalue weighted by molar-refractivity contribution is -0.115. The first-order valence-electron chi connectivity index (χ1n) is 7.40. The van der Waals surface area contributed by atoms with Crippen LogP contribution in [0.4, 0.5) is 26.4 Å². The predicted octanol–water partition coefficient (Wildman–Crippen LogP) is 3.25. The molecule has 8 heteroatoms. The zero-order valence-corrected chi connectivity index (χ0v) is 13.5. The number of hydrogen-bond donors (Lipinski definition) is 3. The molecule has 126 valence electrons. The zero-order chi connectivity index (χ0) is 17.5. The smallest absolute Gasteiger partial charge is 0.325 e. The third-order valence-electron chi connectivity index (χ3n) is 3.56. The van der Waals surface area contributed by atoms with Gasteiger partial charge in [-0.2, -0.15) is 0 Å². The van der Waals surface area contributed by atoms with E-state index in [0.717, 1.165) is 0 Å². The molecule has 0 aliphatic carbocycles. The molecule has 0 bridgehead atoms. The summed E-state index contributed by atoms with van der Waals surface area (Å²) in [7, 11) is 0. The summed E-state index contributed by atoms with van der Waals surface area (Å²) >= 11 is 0. The Bertz CT molecular complexity index is 823. The number of nitrogens with one attached hydrogen (secondary N) is 3. The van der Waals surface area contributed by atoms with E-state index in [2.05, 4.69) is 21.1 Å². The van der Waals surface area contributed by atoms with Crippen LogP contribution >= 0.6 is 0 Å². The molecule has 0 unspecified atom stereocenters. The normalized spacial score (nSPS) is 13.4. The van der Waals surface area contributed by atoms with Crippen molar-refractivity contribution in [3.05, 3.63) is 35.3 Å². The molecule has 0 radical (unpaired) electrons. The first kappa shape index (κ1) is 16.0. The fourth-order valence-corrected chi connectivity index (χ4v) is 2.30. The maximum Gasteiger partial charge on any atom is 0.325 e. The van der Waals surface area contributed by atoms with Gasteiger partial charge >= 0.3 is 6.03 Å². The van der Waals surface area contributed by atoms with Crippen molar-refractivity contribution in [2.75, 3.05) is 16.0 Å². The average Bonchev–Trinajstić information content (AvgIpc) is 3.04. The van der Waals surface area contributed by atoms with E-state index in [1.165, 1.54) is 12.1 Å². The highest BCUT2D eigenvalue weighted by atomic mass is 19.1. The van der Waals surface area contributed by atoms with E-state index < -0.39 is 11.8 Å². The molecule has 0 atom stereocenters. The fraction of sp³-hybridized carbons (Fsp3) is 0.312. The number of halogens is 1. The SMILES string of the molecule is CC(C)(C)c1cc(NC(=O)Nc2cc3c(cc2F)CC(=O)N3)no1. The van der Waals surface area contributed by atoms with E-state index in [0.29, 0.717) is 17.0 Å². The van der Waals surface area contributed by atoms with Gasteiger partial charge in [0, 0.05) is 17.2 Å². The molecule has 1 aliphatic heterocycles. The van der Waals surface area contributed by atoms with E-state index >= 15 is 0 Å². The van der Waals surface area contributed by atoms with Gasteiger partial charge in [0.1, 0.15) is 11.6 Å². The van der Waals surface area contributed by atoms with Crippen molar-refractivity contribution in [3.8, 4) is 0 Å². The molecule has 7 nitrogen and oxygen atoms in total. The first-order valence-corrected chi connectivity index (χ1v) is 7.40. The van der Waals surface area contributed by atoms with E-state index in [1.807, 2.05) is 20.8 Å². The Balaban J connectivity index is 1.71. The molecule has 0 fully saturated rings. The Morgan fingerprint density at radius 2 is 2.04 bits per heavy atom. The van der Waals surface area contributed by atoms with Crippen LogP contribution in [0.15, 0.2) is 22.7 Å². The Hall–Kier alpha value is -2.90. The van der Waals surface area contributed by atoms with Crippen LogP contribution in [-0.4, -0.2) is 17.1 Å². The van der Waals surface area contributed by atoms with Gasteiger partial charge in [-0.25, -0.2) is 9.18 Å². The third kappa shape index (κ3) is 3.22. The van der Waals surface area contributed by atoms with Crippen molar-refractivity contribution >= 4 is 29.1 Å². The number of urea groups is 1. The predicted molar refractivity (Wildman–Crippen MR) is 86.6 cm³/mol. The Morgan fingerprint density at radius 1 is 1.29 bits per heavy atom. The van der Waals surface area contributed by atoms with Crippen LogP contribution in [0.1, 0.15) is 32.1 Å². The number of hydrogen-bond acceptors (Lipinski definition) is 4. The second-order valence-corrected chi connectivity index (χ2v) is 6.62. The van der Waals surface area contributed by atoms with Gasteiger partial charge in [0.25, 0.3) is 0 Å². The maximum atomic E-state index is 14.0. The molecular formula is C16H17FN4O3. The van der Waals surface area contributed by atoms with Crippen molar-refractivity contribution < 1.29 is 18.5 Å². The lowest BCUT2D eigenvalue weighted by atomic mass is 9.93. The number of anilines is 3. The molecule has 3 amide bonds. The highest BCUT2D eigenvalue weighted by molar-refractivity contribution is 6.02. The summed E-state index contributed by atoms with van der Waals surface area (Å²) in [5, 5.41) is 11.2. The highest BCUT2D eigenvalue weighted by Gasteiger charge is 2.22. The minimum absolute atomic E-state index is 0.0343. The Kier molecular flexibility index (Phi) is 3.75. The van der Waals surface area contributed by atoms with E-state index in [9.17, 15) is 14.0 Å². The first-order chi connectivity index (χ1) is 11.2. The summed E-state index contributed by atoms with van der Waals surface area (Å²) in [4.78, 5) is 23.3. The molecule has 24 heavy (non-hydrogen) atoms. The zero-order valence-electron chi connectivity index (χ0n) is 13.5. The summed E-state index contributed by atoms with van der Waals surface area (Å²) in [5.41, 5.74) is 0.782. The number of carbonyl (C=O) groups is 2. The van der Waals surface area contributed by atoms with Gasteiger partial charge in [-0.05, 0) is 17.7 Å². The van der Waals surface area contributed by atoms with E-state index in [1.54, 1.807) is 6.07 Å². The minimum atomic E-state index is -0.660. The number of nitrogens with zero attached hydrogens (tertiary/aromatic N) is 1. The van der Waals surface area contributed by atoms with E-state index in [4.69, 9.17) is 4.52 Å². The van der Waals surface area contributed by atoms with Crippen molar-refractivity contribution in [2.45, 2.75) is 32.6 Å². The Morgan fingerprint density at radius 3 is 2.71 bits per heavy atom. The van der Waals surface area contributed by atoms with Crippen LogP contribution in [0.25, 0.3) is 0 Å². The lowest BCUT2D eigenvalue weighted by Crippen LogP contribution is -2.20. The van der Waals surface area contributed by atoms with Gasteiger partial charge in [-0.15, -0.1) is 0 Å². The van der Waals surface area contributed by atoms with Gasteiger partial charge < -0.3 is 15.2 Å². The van der Waals surface area contributed by atoms with Gasteiger partial charge in [0.2, 0.25) is 5.91 Å². The summed E-state index contributed by atoms with van der Waals surface area (Å²) < 4.78 is 19.2. The average molecular weight is 332 g/mol. The van der Waals surface area contributed by atoms with Crippen LogP contribution in [-0.2, 0) is 16.6 Å². The molecular weight excluding hydrogens is 315 g/mol. The second-order valence-electron chi connectivity index (χ2n) is 6.62. The lowest BCUT2D eigenvalue weighted by Gasteiger charge is -2.12. The summed E-state index contributed by atoms with van der Waals surface area (Å²) in [6.07, 6.45) is 0.132. The van der Waals surface area contributed by atoms with Crippen LogP contribution < -0.4 is 16.0 Å². The van der Waals surface area contributed by atoms with Crippen LogP contribution in [0.3, 0.4) is 0 Å². The van der Waals surface area contributed by atoms with Crippen molar-refractivity contribution in [3.63, 3.8) is 0 Å². The van der Waals surface area contributed by atoms with Crippen LogP contribution in [0, 0.1) is 5.82 Å². The van der Waals surface area contributed by atoms with Crippen LogP contribution in [0.2, 0.25) is 0 Å². The van der Waals surface area contributed by atoms with Crippen molar-refractivity contribution in [1.29, 1.82) is 0 Å². The van der Waals surface area contributed by atoms with Crippen molar-refractivity contribution in [1.82, 2.24) is 5.16 Å². The fourth-order valence-electron chi connectivity index (χ4n) is 2.30. The van der Waals surface area contributed by atoms with Crippen LogP contribution in [0.5, 0.6) is 0 Å². The Labute approximate surface area is 137 Å². The number of amides is 3. The number of rotatable bonds is 2. The number of carbonyl (C=O) groups excluding carboxylic acids is 2. The molecule has 0 spiro atoms. The van der Waals surface area contributed by atoms with Gasteiger partial charge in [-0.1, -0.05) is 25.9 Å². The molecule has 1 aromatic carbocycles. The van der Waals surface area contributed by atoms with Crippen molar-refractivity contribution in [2.24, 2.45) is 0 Å². The summed E-state index contributed by atoms with van der Waals surface area (Å²) in [6.45, 7) is 5.85. The third-order valence-corrected chi connectivity index (χ3v) is 3.56. The van der Waals surface area contributed by atoms with Gasteiger partial charge in [0.05, 0.1) is 12.1 Å².